The molecule has 3 rings (SSSR count). The Balaban J connectivity index is 1.65. The van der Waals surface area contributed by atoms with Crippen molar-refractivity contribution in [1.82, 2.24) is 19.6 Å². The number of benzene rings is 1. The number of aryl methyl sites for hydroxylation is 1. The van der Waals surface area contributed by atoms with Crippen LogP contribution in [0, 0.1) is 6.92 Å². The van der Waals surface area contributed by atoms with Gasteiger partial charge in [0.15, 0.2) is 0 Å². The molecule has 0 aliphatic carbocycles. The van der Waals surface area contributed by atoms with Crippen LogP contribution in [0.1, 0.15) is 43.5 Å². The van der Waals surface area contributed by atoms with E-state index in [-0.39, 0.29) is 6.61 Å². The molecule has 1 atom stereocenters. The number of aromatic nitrogens is 2. The van der Waals surface area contributed by atoms with Crippen molar-refractivity contribution < 1.29 is 9.84 Å². The van der Waals surface area contributed by atoms with Crippen LogP contribution >= 0.6 is 0 Å². The number of para-hydroxylation sites is 1. The Kier molecular flexibility index (Phi) is 8.09. The molecule has 0 unspecified atom stereocenters. The van der Waals surface area contributed by atoms with E-state index in [0.29, 0.717) is 12.6 Å². The van der Waals surface area contributed by atoms with E-state index in [4.69, 9.17) is 4.74 Å². The number of nitrogens with zero attached hydrogens (tertiary/aromatic N) is 4. The molecule has 160 valence electrons. The highest BCUT2D eigenvalue weighted by molar-refractivity contribution is 5.33. The van der Waals surface area contributed by atoms with Crippen molar-refractivity contribution in [1.29, 1.82) is 0 Å². The molecule has 1 N–H and O–H groups in total. The van der Waals surface area contributed by atoms with Crippen molar-refractivity contribution in [2.45, 2.75) is 59.3 Å². The minimum atomic E-state index is 0.218. The average molecular weight is 401 g/mol. The third kappa shape index (κ3) is 5.59. The second-order valence-corrected chi connectivity index (χ2v) is 7.89. The largest absolute Gasteiger partial charge is 0.494 e. The zero-order chi connectivity index (χ0) is 20.6. The van der Waals surface area contributed by atoms with Crippen molar-refractivity contribution in [2.24, 2.45) is 0 Å². The van der Waals surface area contributed by atoms with Gasteiger partial charge in [-0.1, -0.05) is 25.1 Å². The lowest BCUT2D eigenvalue weighted by Crippen LogP contribution is -2.52. The highest BCUT2D eigenvalue weighted by Gasteiger charge is 2.28. The Bertz CT molecular complexity index is 761. The zero-order valence-electron chi connectivity index (χ0n) is 18.2. The molecule has 1 aromatic heterocycles. The van der Waals surface area contributed by atoms with Crippen LogP contribution in [0.5, 0.6) is 5.75 Å². The maximum absolute atomic E-state index is 9.64. The van der Waals surface area contributed by atoms with Crippen LogP contribution in [0.2, 0.25) is 0 Å². The molecule has 2 aromatic rings. The molecule has 2 heterocycles. The summed E-state index contributed by atoms with van der Waals surface area (Å²) in [6, 6.07) is 8.64. The van der Waals surface area contributed by atoms with Gasteiger partial charge in [0.1, 0.15) is 5.75 Å². The van der Waals surface area contributed by atoms with Gasteiger partial charge in [0.2, 0.25) is 0 Å². The minimum absolute atomic E-state index is 0.218. The third-order valence-electron chi connectivity index (χ3n) is 5.83. The van der Waals surface area contributed by atoms with Crippen molar-refractivity contribution in [2.75, 3.05) is 32.8 Å². The number of ether oxygens (including phenoxy) is 1. The lowest BCUT2D eigenvalue weighted by molar-refractivity contribution is 0.0493. The quantitative estimate of drug-likeness (QED) is 0.664. The lowest BCUT2D eigenvalue weighted by Gasteiger charge is -2.41. The van der Waals surface area contributed by atoms with Gasteiger partial charge in [0.25, 0.3) is 0 Å². The maximum Gasteiger partial charge on any atom is 0.123 e. The first-order valence-corrected chi connectivity index (χ1v) is 11.0. The zero-order valence-corrected chi connectivity index (χ0v) is 18.2. The van der Waals surface area contributed by atoms with E-state index in [2.05, 4.69) is 45.6 Å². The van der Waals surface area contributed by atoms with Crippen LogP contribution in [-0.4, -0.2) is 63.6 Å². The first-order valence-electron chi connectivity index (χ1n) is 11.0. The van der Waals surface area contributed by atoms with Crippen LogP contribution in [0.25, 0.3) is 0 Å². The topological polar surface area (TPSA) is 53.8 Å². The summed E-state index contributed by atoms with van der Waals surface area (Å²) in [7, 11) is 0. The van der Waals surface area contributed by atoms with E-state index in [1.165, 1.54) is 16.8 Å². The molecule has 1 aliphatic heterocycles. The minimum Gasteiger partial charge on any atom is -0.494 e. The highest BCUT2D eigenvalue weighted by Crippen LogP contribution is 2.24. The highest BCUT2D eigenvalue weighted by atomic mass is 16.5. The van der Waals surface area contributed by atoms with Crippen LogP contribution < -0.4 is 4.74 Å². The van der Waals surface area contributed by atoms with Gasteiger partial charge in [-0.15, -0.1) is 0 Å². The summed E-state index contributed by atoms with van der Waals surface area (Å²) < 4.78 is 7.93. The van der Waals surface area contributed by atoms with Crippen molar-refractivity contribution in [3.8, 4) is 5.75 Å². The van der Waals surface area contributed by atoms with Crippen LogP contribution in [-0.2, 0) is 19.6 Å². The summed E-state index contributed by atoms with van der Waals surface area (Å²) >= 11 is 0. The number of aliphatic hydroxyl groups excluding tert-OH is 1. The van der Waals surface area contributed by atoms with E-state index in [9.17, 15) is 5.11 Å². The van der Waals surface area contributed by atoms with Crippen LogP contribution in [0.3, 0.4) is 0 Å². The monoisotopic (exact) mass is 400 g/mol. The first-order chi connectivity index (χ1) is 14.2. The molecule has 1 aromatic carbocycles. The molecular weight excluding hydrogens is 364 g/mol. The predicted octanol–water partition coefficient (Wildman–Crippen LogP) is 3.07. The lowest BCUT2D eigenvalue weighted by atomic mass is 10.1. The Labute approximate surface area is 175 Å². The smallest absolute Gasteiger partial charge is 0.123 e. The van der Waals surface area contributed by atoms with Gasteiger partial charge in [0.05, 0.1) is 12.8 Å². The summed E-state index contributed by atoms with van der Waals surface area (Å²) in [5.41, 5.74) is 3.82. The molecule has 0 saturated carbocycles. The summed E-state index contributed by atoms with van der Waals surface area (Å²) in [5, 5.41) is 14.2. The van der Waals surface area contributed by atoms with Crippen molar-refractivity contribution in [3.05, 3.63) is 47.3 Å². The molecule has 1 fully saturated rings. The molecule has 6 heteroatoms. The number of aliphatic hydroxyl groups is 1. The average Bonchev–Trinajstić information content (AvgIpc) is 3.06. The number of hydrogen-bond acceptors (Lipinski definition) is 5. The maximum atomic E-state index is 9.64. The molecule has 0 bridgehead atoms. The van der Waals surface area contributed by atoms with E-state index >= 15 is 0 Å². The Morgan fingerprint density at radius 1 is 1.14 bits per heavy atom. The van der Waals surface area contributed by atoms with E-state index in [1.807, 2.05) is 25.3 Å². The molecule has 1 saturated heterocycles. The molecule has 0 radical (unpaired) electrons. The van der Waals surface area contributed by atoms with E-state index in [0.717, 1.165) is 57.9 Å². The third-order valence-corrected chi connectivity index (χ3v) is 5.83. The van der Waals surface area contributed by atoms with Gasteiger partial charge in [-0.2, -0.15) is 5.10 Å². The van der Waals surface area contributed by atoms with Gasteiger partial charge >= 0.3 is 0 Å². The summed E-state index contributed by atoms with van der Waals surface area (Å²) in [6.45, 7) is 13.0. The second kappa shape index (κ2) is 10.8. The van der Waals surface area contributed by atoms with E-state index in [1.54, 1.807) is 0 Å². The van der Waals surface area contributed by atoms with Gasteiger partial charge < -0.3 is 9.84 Å². The van der Waals surface area contributed by atoms with Crippen LogP contribution in [0.15, 0.2) is 30.5 Å². The van der Waals surface area contributed by atoms with Crippen molar-refractivity contribution in [3.63, 3.8) is 0 Å². The predicted molar refractivity (Wildman–Crippen MR) is 116 cm³/mol. The van der Waals surface area contributed by atoms with Gasteiger partial charge in [0, 0.05) is 68.7 Å². The number of rotatable bonds is 10. The normalized spacial score (nSPS) is 18.3. The van der Waals surface area contributed by atoms with Crippen LogP contribution in [0.4, 0.5) is 0 Å². The van der Waals surface area contributed by atoms with Gasteiger partial charge in [-0.05, 0) is 32.8 Å². The van der Waals surface area contributed by atoms with Gasteiger partial charge in [-0.25, -0.2) is 0 Å². The Morgan fingerprint density at radius 2 is 1.97 bits per heavy atom. The number of piperazine rings is 1. The van der Waals surface area contributed by atoms with Crippen molar-refractivity contribution >= 4 is 0 Å². The molecule has 6 nitrogen and oxygen atoms in total. The summed E-state index contributed by atoms with van der Waals surface area (Å²) in [6.07, 6.45) is 3.92. The fraction of sp³-hybridized carbons (Fsp3) is 0.609. The Hall–Kier alpha value is -1.89. The molecular formula is C23H36N4O2. The Morgan fingerprint density at radius 3 is 2.72 bits per heavy atom. The van der Waals surface area contributed by atoms with Gasteiger partial charge in [-0.3, -0.25) is 14.5 Å². The molecule has 1 aliphatic rings. The standard InChI is InChI=1S/C23H36N4O2/c1-4-11-27-19(3)21(15-24-27)16-25-12-13-26(22(18-25)10-14-28)17-20-8-6-7-9-23(20)29-5-2/h6-9,15,22,28H,4-5,10-14,16-18H2,1-3H3/t22-/m1/s1. The fourth-order valence-corrected chi connectivity index (χ4v) is 4.20. The van der Waals surface area contributed by atoms with E-state index < -0.39 is 0 Å². The molecule has 0 amide bonds. The SMILES string of the molecule is CCCn1ncc(CN2CCN(Cc3ccccc3OCC)[C@H](CCO)C2)c1C. The summed E-state index contributed by atoms with van der Waals surface area (Å²) in [5.74, 6) is 0.971. The fourth-order valence-electron chi connectivity index (χ4n) is 4.20. The first kappa shape index (κ1) is 21.8. The molecule has 0 spiro atoms. The second-order valence-electron chi connectivity index (χ2n) is 7.89. The number of hydrogen-bond donors (Lipinski definition) is 1. The molecule has 29 heavy (non-hydrogen) atoms. The summed E-state index contributed by atoms with van der Waals surface area (Å²) in [4.78, 5) is 5.00.